The Morgan fingerprint density at radius 3 is 2.53 bits per heavy atom. The Balaban J connectivity index is 4.70. The lowest BCUT2D eigenvalue weighted by Crippen LogP contribution is -2.50. The molecule has 0 bridgehead atoms. The Kier molecular flexibility index (Phi) is 5.95. The second-order valence-electron chi connectivity index (χ2n) is 4.35. The van der Waals surface area contributed by atoms with Crippen molar-refractivity contribution < 1.29 is 14.7 Å². The molecule has 0 radical (unpaired) electrons. The highest BCUT2D eigenvalue weighted by Crippen LogP contribution is 2.19. The second-order valence-corrected chi connectivity index (χ2v) is 4.35. The Labute approximate surface area is 102 Å². The molecule has 0 aliphatic heterocycles. The van der Waals surface area contributed by atoms with Gasteiger partial charge in [-0.05, 0) is 20.3 Å². The van der Waals surface area contributed by atoms with Crippen LogP contribution in [0.15, 0.2) is 5.16 Å². The maximum absolute atomic E-state index is 12.2. The van der Waals surface area contributed by atoms with Gasteiger partial charge in [-0.15, -0.1) is 0 Å². The Hall–Kier alpha value is -1.30. The number of likely N-dealkylation sites (N-methyl/N-ethyl adjacent to an activating group) is 1. The molecule has 0 saturated carbocycles. The first-order valence-corrected chi connectivity index (χ1v) is 5.61. The number of ether oxygens (including phenoxy) is 1. The topological polar surface area (TPSA) is 88.2 Å². The molecule has 6 nitrogen and oxygen atoms in total. The highest BCUT2D eigenvalue weighted by Gasteiger charge is 2.35. The van der Waals surface area contributed by atoms with Crippen molar-refractivity contribution in [1.29, 1.82) is 0 Å². The number of methoxy groups -OCH3 is 1. The van der Waals surface area contributed by atoms with E-state index in [2.05, 4.69) is 5.16 Å². The van der Waals surface area contributed by atoms with E-state index in [4.69, 9.17) is 15.7 Å². The molecule has 0 aliphatic carbocycles. The number of carbonyl (C=O) groups is 1. The normalized spacial score (nSPS) is 17.4. The molecule has 17 heavy (non-hydrogen) atoms. The third-order valence-corrected chi connectivity index (χ3v) is 3.19. The minimum atomic E-state index is -0.825. The second kappa shape index (κ2) is 6.44. The van der Waals surface area contributed by atoms with E-state index in [0.717, 1.165) is 0 Å². The largest absolute Gasteiger partial charge is 0.409 e. The van der Waals surface area contributed by atoms with Crippen LogP contribution in [0.1, 0.15) is 33.6 Å². The third-order valence-electron chi connectivity index (χ3n) is 3.19. The van der Waals surface area contributed by atoms with Crippen LogP contribution in [0.4, 0.5) is 0 Å². The number of amidine groups is 1. The summed E-state index contributed by atoms with van der Waals surface area (Å²) in [5.74, 6) is -0.00601. The molecular formula is C11H23N3O3. The van der Waals surface area contributed by atoms with Crippen molar-refractivity contribution in [3.8, 4) is 0 Å². The van der Waals surface area contributed by atoms with Crippen molar-refractivity contribution in [2.24, 2.45) is 10.9 Å². The molecule has 0 fully saturated rings. The number of oxime groups is 1. The molecule has 3 N–H and O–H groups in total. The lowest BCUT2D eigenvalue weighted by atomic mass is 10.0. The summed E-state index contributed by atoms with van der Waals surface area (Å²) in [5, 5.41) is 11.4. The number of carbonyl (C=O) groups excluding carboxylic acids is 1. The molecule has 0 aliphatic rings. The first-order chi connectivity index (χ1) is 7.82. The van der Waals surface area contributed by atoms with Gasteiger partial charge >= 0.3 is 0 Å². The summed E-state index contributed by atoms with van der Waals surface area (Å²) in [6, 6.07) is -0.153. The molecular weight excluding hydrogens is 222 g/mol. The SMILES string of the molecule is CCC(C)(OC)C(=O)N(C)C(C)CC(N)=NO. The van der Waals surface area contributed by atoms with Crippen molar-refractivity contribution in [1.82, 2.24) is 4.90 Å². The van der Waals surface area contributed by atoms with Gasteiger partial charge in [0, 0.05) is 26.6 Å². The predicted octanol–water partition coefficient (Wildman–Crippen LogP) is 0.785. The summed E-state index contributed by atoms with van der Waals surface area (Å²) in [5.41, 5.74) is 4.59. The quantitative estimate of drug-likeness (QED) is 0.313. The molecule has 6 heteroatoms. The molecule has 0 heterocycles. The summed E-state index contributed by atoms with van der Waals surface area (Å²) < 4.78 is 5.25. The van der Waals surface area contributed by atoms with Crippen molar-refractivity contribution in [3.05, 3.63) is 0 Å². The van der Waals surface area contributed by atoms with Crippen LogP contribution in [0.5, 0.6) is 0 Å². The van der Waals surface area contributed by atoms with Crippen molar-refractivity contribution in [2.45, 2.75) is 45.3 Å². The van der Waals surface area contributed by atoms with E-state index in [9.17, 15) is 4.79 Å². The lowest BCUT2D eigenvalue weighted by Gasteiger charge is -2.33. The van der Waals surface area contributed by atoms with Crippen LogP contribution in [-0.4, -0.2) is 47.7 Å². The van der Waals surface area contributed by atoms with Gasteiger partial charge in [-0.1, -0.05) is 12.1 Å². The molecule has 0 spiro atoms. The Bertz CT molecular complexity index is 288. The van der Waals surface area contributed by atoms with Gasteiger partial charge in [0.15, 0.2) is 0 Å². The molecule has 2 atom stereocenters. The number of nitrogens with two attached hydrogens (primary N) is 1. The van der Waals surface area contributed by atoms with E-state index >= 15 is 0 Å². The predicted molar refractivity (Wildman–Crippen MR) is 66.0 cm³/mol. The van der Waals surface area contributed by atoms with E-state index in [1.807, 2.05) is 13.8 Å². The summed E-state index contributed by atoms with van der Waals surface area (Å²) in [7, 11) is 3.20. The van der Waals surface area contributed by atoms with Gasteiger partial charge in [0.2, 0.25) is 0 Å². The number of hydrogen-bond acceptors (Lipinski definition) is 4. The summed E-state index contributed by atoms with van der Waals surface area (Å²) >= 11 is 0. The van der Waals surface area contributed by atoms with Crippen LogP contribution in [-0.2, 0) is 9.53 Å². The molecule has 0 aromatic rings. The number of nitrogens with zero attached hydrogens (tertiary/aromatic N) is 2. The zero-order chi connectivity index (χ0) is 13.6. The fraction of sp³-hybridized carbons (Fsp3) is 0.818. The Morgan fingerprint density at radius 2 is 2.18 bits per heavy atom. The van der Waals surface area contributed by atoms with Crippen LogP contribution in [0.2, 0.25) is 0 Å². The van der Waals surface area contributed by atoms with Crippen molar-refractivity contribution >= 4 is 11.7 Å². The highest BCUT2D eigenvalue weighted by atomic mass is 16.5. The average Bonchev–Trinajstić information content (AvgIpc) is 2.35. The van der Waals surface area contributed by atoms with E-state index < -0.39 is 5.60 Å². The molecule has 2 unspecified atom stereocenters. The number of rotatable bonds is 6. The molecule has 0 aromatic heterocycles. The fourth-order valence-corrected chi connectivity index (χ4v) is 1.44. The van der Waals surface area contributed by atoms with Crippen molar-refractivity contribution in [2.75, 3.05) is 14.2 Å². The van der Waals surface area contributed by atoms with Gasteiger partial charge < -0.3 is 20.6 Å². The van der Waals surface area contributed by atoms with Gasteiger partial charge in [-0.2, -0.15) is 0 Å². The smallest absolute Gasteiger partial charge is 0.254 e. The van der Waals surface area contributed by atoms with E-state index in [1.54, 1.807) is 18.9 Å². The van der Waals surface area contributed by atoms with Crippen LogP contribution < -0.4 is 5.73 Å². The average molecular weight is 245 g/mol. The lowest BCUT2D eigenvalue weighted by molar-refractivity contribution is -0.153. The van der Waals surface area contributed by atoms with E-state index in [-0.39, 0.29) is 17.8 Å². The van der Waals surface area contributed by atoms with E-state index in [0.29, 0.717) is 12.8 Å². The van der Waals surface area contributed by atoms with Gasteiger partial charge in [0.05, 0.1) is 0 Å². The van der Waals surface area contributed by atoms with Crippen LogP contribution in [0.25, 0.3) is 0 Å². The minimum Gasteiger partial charge on any atom is -0.409 e. The standard InChI is InChI=1S/C11H23N3O3/c1-6-11(3,17-5)10(15)14(4)8(2)7-9(12)13-16/h8,16H,6-7H2,1-5H3,(H2,12,13). The van der Waals surface area contributed by atoms with Gasteiger partial charge in [0.1, 0.15) is 11.4 Å². The van der Waals surface area contributed by atoms with Crippen LogP contribution >= 0.6 is 0 Å². The summed E-state index contributed by atoms with van der Waals surface area (Å²) in [4.78, 5) is 13.8. The minimum absolute atomic E-state index is 0.104. The molecule has 100 valence electrons. The summed E-state index contributed by atoms with van der Waals surface area (Å²) in [6.45, 7) is 5.48. The van der Waals surface area contributed by atoms with Crippen LogP contribution in [0.3, 0.4) is 0 Å². The summed E-state index contributed by atoms with van der Waals surface area (Å²) in [6.07, 6.45) is 0.908. The molecule has 0 saturated heterocycles. The zero-order valence-corrected chi connectivity index (χ0v) is 11.2. The van der Waals surface area contributed by atoms with Gasteiger partial charge in [-0.3, -0.25) is 4.79 Å². The first-order valence-electron chi connectivity index (χ1n) is 5.61. The maximum Gasteiger partial charge on any atom is 0.254 e. The molecule has 1 amide bonds. The third kappa shape index (κ3) is 3.89. The maximum atomic E-state index is 12.2. The van der Waals surface area contributed by atoms with Gasteiger partial charge in [-0.25, -0.2) is 0 Å². The van der Waals surface area contributed by atoms with Gasteiger partial charge in [0.25, 0.3) is 5.91 Å². The van der Waals surface area contributed by atoms with E-state index in [1.165, 1.54) is 7.11 Å². The highest BCUT2D eigenvalue weighted by molar-refractivity contribution is 5.86. The Morgan fingerprint density at radius 1 is 1.65 bits per heavy atom. The number of hydrogen-bond donors (Lipinski definition) is 2. The molecule has 0 aromatic carbocycles. The monoisotopic (exact) mass is 245 g/mol. The zero-order valence-electron chi connectivity index (χ0n) is 11.2. The first kappa shape index (κ1) is 15.7. The fourth-order valence-electron chi connectivity index (χ4n) is 1.44. The van der Waals surface area contributed by atoms with Crippen molar-refractivity contribution in [3.63, 3.8) is 0 Å². The number of amides is 1. The van der Waals surface area contributed by atoms with Crippen LogP contribution in [0, 0.1) is 0 Å². The molecule has 0 rings (SSSR count).